The smallest absolute Gasteiger partial charge is 0.249 e. The van der Waals surface area contributed by atoms with Gasteiger partial charge in [0.1, 0.15) is 6.10 Å². The Morgan fingerprint density at radius 2 is 2.00 bits per heavy atom. The maximum absolute atomic E-state index is 11.8. The lowest BCUT2D eigenvalue weighted by Gasteiger charge is -2.27. The van der Waals surface area contributed by atoms with E-state index in [0.717, 1.165) is 11.8 Å². The Balaban J connectivity index is 2.12. The molecule has 1 fully saturated rings. The van der Waals surface area contributed by atoms with E-state index in [1.807, 2.05) is 0 Å². The Kier molecular flexibility index (Phi) is 9.03. The number of carbonyl (C=O) groups excluding carboxylic acids is 4. The molecule has 1 aliphatic heterocycles. The molecule has 1 heterocycles. The average Bonchev–Trinajstić information content (AvgIpc) is 3.04. The summed E-state index contributed by atoms with van der Waals surface area (Å²) in [7, 11) is 0. The van der Waals surface area contributed by atoms with Crippen molar-refractivity contribution in [3.05, 3.63) is 0 Å². The molecule has 1 rings (SSSR count). The summed E-state index contributed by atoms with van der Waals surface area (Å²) in [5, 5.41) is 26.5. The molecule has 0 aromatic heterocycles. The van der Waals surface area contributed by atoms with E-state index in [1.165, 1.54) is 0 Å². The predicted molar refractivity (Wildman–Crippen MR) is 96.1 cm³/mol. The number of nitrogens with one attached hydrogen (secondary N) is 3. The zero-order chi connectivity index (χ0) is 19.7. The van der Waals surface area contributed by atoms with Gasteiger partial charge in [0.2, 0.25) is 22.8 Å². The van der Waals surface area contributed by atoms with Gasteiger partial charge in [0, 0.05) is 37.1 Å². The second-order valence-electron chi connectivity index (χ2n) is 6.77. The summed E-state index contributed by atoms with van der Waals surface area (Å²) in [5.74, 6) is -0.654. The molecule has 1 aliphatic rings. The van der Waals surface area contributed by atoms with Crippen LogP contribution in [0.15, 0.2) is 0 Å². The molecule has 0 aliphatic carbocycles. The number of carbonyl (C=O) groups is 4. The standard InChI is InChI=1S/C16H27N3O6S/c1-16(2,9-20)13(23)14(24)18-6-5-11(21)17-7-8-26-15(25)10-3-4-12(22)19-10/h10,13,20,23H,3-9H2,1-2H3,(H,17,21)(H,18,24)(H,19,22)/t10?,13-/m0/s1. The zero-order valence-electron chi connectivity index (χ0n) is 15.0. The second-order valence-corrected chi connectivity index (χ2v) is 7.87. The summed E-state index contributed by atoms with van der Waals surface area (Å²) in [6.45, 7) is 3.12. The highest BCUT2D eigenvalue weighted by atomic mass is 32.2. The van der Waals surface area contributed by atoms with Gasteiger partial charge in [0.15, 0.2) is 0 Å². The second kappa shape index (κ2) is 10.5. The molecule has 0 bridgehead atoms. The fourth-order valence-electron chi connectivity index (χ4n) is 2.16. The van der Waals surface area contributed by atoms with Gasteiger partial charge in [-0.1, -0.05) is 25.6 Å². The first-order valence-electron chi connectivity index (χ1n) is 8.46. The molecule has 5 N–H and O–H groups in total. The van der Waals surface area contributed by atoms with Crippen LogP contribution >= 0.6 is 11.8 Å². The molecular weight excluding hydrogens is 362 g/mol. The molecular formula is C16H27N3O6S. The average molecular weight is 389 g/mol. The van der Waals surface area contributed by atoms with Crippen molar-refractivity contribution >= 4 is 34.6 Å². The van der Waals surface area contributed by atoms with E-state index in [1.54, 1.807) is 13.8 Å². The summed E-state index contributed by atoms with van der Waals surface area (Å²) in [5.41, 5.74) is -0.963. The lowest BCUT2D eigenvalue weighted by molar-refractivity contribution is -0.137. The first-order chi connectivity index (χ1) is 12.2. The van der Waals surface area contributed by atoms with E-state index in [-0.39, 0.29) is 36.5 Å². The molecule has 0 aromatic rings. The Bertz CT molecular complexity index is 540. The SMILES string of the molecule is CC(C)(CO)[C@@H](O)C(=O)NCCC(=O)NCCSC(=O)C1CCC(=O)N1. The van der Waals surface area contributed by atoms with Gasteiger partial charge in [0.05, 0.1) is 12.6 Å². The Morgan fingerprint density at radius 1 is 1.31 bits per heavy atom. The minimum absolute atomic E-state index is 0.0370. The molecule has 9 nitrogen and oxygen atoms in total. The largest absolute Gasteiger partial charge is 0.396 e. The number of thioether (sulfide) groups is 1. The number of amides is 3. The van der Waals surface area contributed by atoms with Gasteiger partial charge in [-0.2, -0.15) is 0 Å². The topological polar surface area (TPSA) is 145 Å². The fourth-order valence-corrected chi connectivity index (χ4v) is 2.94. The normalized spacial score (nSPS) is 18.2. The number of aliphatic hydroxyl groups is 2. The number of rotatable bonds is 10. The van der Waals surface area contributed by atoms with E-state index in [0.29, 0.717) is 25.1 Å². The van der Waals surface area contributed by atoms with Crippen molar-refractivity contribution in [3.63, 3.8) is 0 Å². The summed E-state index contributed by atoms with van der Waals surface area (Å²) >= 11 is 1.06. The molecule has 0 spiro atoms. The third kappa shape index (κ3) is 7.30. The molecule has 0 radical (unpaired) electrons. The minimum atomic E-state index is -1.37. The van der Waals surface area contributed by atoms with Crippen LogP contribution < -0.4 is 16.0 Å². The molecule has 148 valence electrons. The lowest BCUT2D eigenvalue weighted by Crippen LogP contribution is -2.46. The van der Waals surface area contributed by atoms with Gasteiger partial charge in [-0.05, 0) is 6.42 Å². The van der Waals surface area contributed by atoms with Crippen LogP contribution in [0.3, 0.4) is 0 Å². The van der Waals surface area contributed by atoms with Gasteiger partial charge in [-0.3, -0.25) is 19.2 Å². The Hall–Kier alpha value is -1.65. The fraction of sp³-hybridized carbons (Fsp3) is 0.750. The molecule has 1 saturated heterocycles. The van der Waals surface area contributed by atoms with Crippen molar-refractivity contribution < 1.29 is 29.4 Å². The van der Waals surface area contributed by atoms with Gasteiger partial charge in [-0.25, -0.2) is 0 Å². The van der Waals surface area contributed by atoms with E-state index in [9.17, 15) is 24.3 Å². The third-order valence-corrected chi connectivity index (χ3v) is 4.97. The van der Waals surface area contributed by atoms with E-state index < -0.39 is 23.5 Å². The zero-order valence-corrected chi connectivity index (χ0v) is 15.9. The van der Waals surface area contributed by atoms with Gasteiger partial charge < -0.3 is 26.2 Å². The van der Waals surface area contributed by atoms with Crippen LogP contribution in [-0.4, -0.2) is 70.6 Å². The van der Waals surface area contributed by atoms with Crippen molar-refractivity contribution in [3.8, 4) is 0 Å². The van der Waals surface area contributed by atoms with Crippen molar-refractivity contribution in [2.45, 2.75) is 45.3 Å². The minimum Gasteiger partial charge on any atom is -0.396 e. The van der Waals surface area contributed by atoms with E-state index in [2.05, 4.69) is 16.0 Å². The monoisotopic (exact) mass is 389 g/mol. The molecule has 0 saturated carbocycles. The van der Waals surface area contributed by atoms with Crippen LogP contribution in [0.5, 0.6) is 0 Å². The third-order valence-electron chi connectivity index (χ3n) is 4.00. The van der Waals surface area contributed by atoms with Crippen LogP contribution in [0.25, 0.3) is 0 Å². The molecule has 0 aromatic carbocycles. The van der Waals surface area contributed by atoms with Crippen molar-refractivity contribution in [1.82, 2.24) is 16.0 Å². The van der Waals surface area contributed by atoms with E-state index >= 15 is 0 Å². The van der Waals surface area contributed by atoms with Crippen molar-refractivity contribution in [2.24, 2.45) is 5.41 Å². The van der Waals surface area contributed by atoms with Gasteiger partial charge >= 0.3 is 0 Å². The van der Waals surface area contributed by atoms with Crippen LogP contribution in [-0.2, 0) is 19.2 Å². The lowest BCUT2D eigenvalue weighted by atomic mass is 9.87. The Labute approximate surface area is 156 Å². The summed E-state index contributed by atoms with van der Waals surface area (Å²) in [4.78, 5) is 46.3. The molecule has 10 heteroatoms. The highest BCUT2D eigenvalue weighted by molar-refractivity contribution is 8.13. The molecule has 3 amide bonds. The van der Waals surface area contributed by atoms with Crippen LogP contribution in [0, 0.1) is 5.41 Å². The first-order valence-corrected chi connectivity index (χ1v) is 9.45. The summed E-state index contributed by atoms with van der Waals surface area (Å²) in [6.07, 6.45) is -0.455. The molecule has 1 unspecified atom stereocenters. The van der Waals surface area contributed by atoms with E-state index in [4.69, 9.17) is 5.11 Å². The van der Waals surface area contributed by atoms with Crippen LogP contribution in [0.1, 0.15) is 33.1 Å². The highest BCUT2D eigenvalue weighted by Crippen LogP contribution is 2.19. The maximum atomic E-state index is 11.8. The van der Waals surface area contributed by atoms with Crippen molar-refractivity contribution in [2.75, 3.05) is 25.4 Å². The maximum Gasteiger partial charge on any atom is 0.249 e. The summed E-state index contributed by atoms with van der Waals surface area (Å²) < 4.78 is 0. The number of hydrogen-bond donors (Lipinski definition) is 5. The highest BCUT2D eigenvalue weighted by Gasteiger charge is 2.32. The van der Waals surface area contributed by atoms with Crippen LogP contribution in [0.4, 0.5) is 0 Å². The molecule has 26 heavy (non-hydrogen) atoms. The van der Waals surface area contributed by atoms with Crippen molar-refractivity contribution in [1.29, 1.82) is 0 Å². The van der Waals surface area contributed by atoms with Gasteiger partial charge in [-0.15, -0.1) is 0 Å². The first kappa shape index (κ1) is 22.4. The number of hydrogen-bond acceptors (Lipinski definition) is 7. The Morgan fingerprint density at radius 3 is 2.58 bits per heavy atom. The molecule has 2 atom stereocenters. The van der Waals surface area contributed by atoms with Crippen LogP contribution in [0.2, 0.25) is 0 Å². The van der Waals surface area contributed by atoms with Gasteiger partial charge in [0.25, 0.3) is 0 Å². The number of aliphatic hydroxyl groups excluding tert-OH is 2. The quantitative estimate of drug-likeness (QED) is 0.287. The predicted octanol–water partition coefficient (Wildman–Crippen LogP) is -1.47. The summed E-state index contributed by atoms with van der Waals surface area (Å²) in [6, 6.07) is -0.437.